The van der Waals surface area contributed by atoms with Crippen LogP contribution < -0.4 is 4.90 Å². The van der Waals surface area contributed by atoms with E-state index < -0.39 is 0 Å². The van der Waals surface area contributed by atoms with Crippen molar-refractivity contribution in [1.82, 2.24) is 0 Å². The largest absolute Gasteiger partial charge is 0.370 e. The summed E-state index contributed by atoms with van der Waals surface area (Å²) in [6.07, 6.45) is 0. The van der Waals surface area contributed by atoms with E-state index in [1.165, 1.54) is 11.3 Å². The van der Waals surface area contributed by atoms with Crippen molar-refractivity contribution in [3.05, 3.63) is 29.8 Å². The van der Waals surface area contributed by atoms with Crippen LogP contribution in [0.2, 0.25) is 0 Å². The van der Waals surface area contributed by atoms with Crippen molar-refractivity contribution < 1.29 is 0 Å². The Bertz CT molecular complexity index is 252. The number of hydrogen-bond donors (Lipinski definition) is 0. The van der Waals surface area contributed by atoms with Crippen LogP contribution in [0.3, 0.4) is 0 Å². The SMILES string of the molecule is Cc1ccc(N(CCBr)CCBr)cc1. The molecule has 3 heteroatoms. The van der Waals surface area contributed by atoms with Crippen molar-refractivity contribution in [2.45, 2.75) is 6.92 Å². The summed E-state index contributed by atoms with van der Waals surface area (Å²) in [5.41, 5.74) is 2.61. The molecule has 0 aromatic heterocycles. The summed E-state index contributed by atoms with van der Waals surface area (Å²) < 4.78 is 0. The van der Waals surface area contributed by atoms with Crippen LogP contribution >= 0.6 is 31.9 Å². The maximum atomic E-state index is 3.47. The Morgan fingerprint density at radius 3 is 1.93 bits per heavy atom. The van der Waals surface area contributed by atoms with E-state index in [0.717, 1.165) is 23.7 Å². The molecule has 14 heavy (non-hydrogen) atoms. The predicted octanol–water partition coefficient (Wildman–Crippen LogP) is 3.59. The van der Waals surface area contributed by atoms with Crippen molar-refractivity contribution in [1.29, 1.82) is 0 Å². The number of benzene rings is 1. The molecule has 0 unspecified atom stereocenters. The second-order valence-electron chi connectivity index (χ2n) is 3.20. The molecule has 0 aliphatic rings. The normalized spacial score (nSPS) is 10.2. The first-order valence-corrected chi connectivity index (χ1v) is 6.95. The fourth-order valence-corrected chi connectivity index (χ4v) is 2.19. The number of halogens is 2. The van der Waals surface area contributed by atoms with Gasteiger partial charge in [0.05, 0.1) is 0 Å². The van der Waals surface area contributed by atoms with Gasteiger partial charge in [-0.3, -0.25) is 0 Å². The molecule has 1 aromatic carbocycles. The molecule has 0 spiro atoms. The molecule has 0 aliphatic heterocycles. The fourth-order valence-electron chi connectivity index (χ4n) is 1.33. The minimum atomic E-state index is 1.01. The van der Waals surface area contributed by atoms with Crippen LogP contribution in [0.4, 0.5) is 5.69 Å². The molecular formula is C11H15Br2N. The maximum absolute atomic E-state index is 3.47. The minimum absolute atomic E-state index is 1.01. The van der Waals surface area contributed by atoms with Crippen LogP contribution in [-0.4, -0.2) is 23.7 Å². The third kappa shape index (κ3) is 3.62. The highest BCUT2D eigenvalue weighted by atomic mass is 79.9. The van der Waals surface area contributed by atoms with Crippen LogP contribution in [0.25, 0.3) is 0 Å². The molecule has 1 rings (SSSR count). The quantitative estimate of drug-likeness (QED) is 0.749. The van der Waals surface area contributed by atoms with Crippen LogP contribution in [0.1, 0.15) is 5.56 Å². The molecule has 0 N–H and O–H groups in total. The molecule has 0 fully saturated rings. The van der Waals surface area contributed by atoms with Gasteiger partial charge in [0.15, 0.2) is 0 Å². The molecule has 0 amide bonds. The van der Waals surface area contributed by atoms with Crippen molar-refractivity contribution >= 4 is 37.5 Å². The fraction of sp³-hybridized carbons (Fsp3) is 0.455. The lowest BCUT2D eigenvalue weighted by molar-refractivity contribution is 0.885. The maximum Gasteiger partial charge on any atom is 0.0366 e. The van der Waals surface area contributed by atoms with Gasteiger partial charge in [0.25, 0.3) is 0 Å². The van der Waals surface area contributed by atoms with Gasteiger partial charge in [-0.1, -0.05) is 49.6 Å². The van der Waals surface area contributed by atoms with Gasteiger partial charge >= 0.3 is 0 Å². The molecule has 0 aliphatic carbocycles. The molecule has 0 saturated carbocycles. The van der Waals surface area contributed by atoms with Gasteiger partial charge in [-0.25, -0.2) is 0 Å². The summed E-state index contributed by atoms with van der Waals surface area (Å²) in [5.74, 6) is 0. The van der Waals surface area contributed by atoms with E-state index in [-0.39, 0.29) is 0 Å². The van der Waals surface area contributed by atoms with Gasteiger partial charge in [0.2, 0.25) is 0 Å². The minimum Gasteiger partial charge on any atom is -0.370 e. The summed E-state index contributed by atoms with van der Waals surface area (Å²) in [6.45, 7) is 4.21. The molecule has 0 bridgehead atoms. The van der Waals surface area contributed by atoms with Gasteiger partial charge in [-0.05, 0) is 19.1 Å². The standard InChI is InChI=1S/C11H15Br2N/c1-10-2-4-11(5-3-10)14(8-6-12)9-7-13/h2-5H,6-9H2,1H3. The number of alkyl halides is 2. The van der Waals surface area contributed by atoms with Crippen LogP contribution in [0.5, 0.6) is 0 Å². The lowest BCUT2D eigenvalue weighted by atomic mass is 10.2. The molecule has 78 valence electrons. The summed E-state index contributed by atoms with van der Waals surface area (Å²) >= 11 is 6.95. The first kappa shape index (κ1) is 12.1. The molecule has 1 aromatic rings. The summed E-state index contributed by atoms with van der Waals surface area (Å²) in [6, 6.07) is 8.68. The first-order chi connectivity index (χ1) is 6.77. The van der Waals surface area contributed by atoms with E-state index in [9.17, 15) is 0 Å². The third-order valence-corrected chi connectivity index (χ3v) is 2.82. The van der Waals surface area contributed by atoms with E-state index in [4.69, 9.17) is 0 Å². The monoisotopic (exact) mass is 319 g/mol. The number of nitrogens with zero attached hydrogens (tertiary/aromatic N) is 1. The summed E-state index contributed by atoms with van der Waals surface area (Å²) in [4.78, 5) is 2.36. The van der Waals surface area contributed by atoms with Gasteiger partial charge in [0, 0.05) is 29.4 Å². The second-order valence-corrected chi connectivity index (χ2v) is 4.79. The zero-order chi connectivity index (χ0) is 10.4. The highest BCUT2D eigenvalue weighted by molar-refractivity contribution is 9.09. The first-order valence-electron chi connectivity index (χ1n) is 4.71. The number of anilines is 1. The highest BCUT2D eigenvalue weighted by Gasteiger charge is 2.03. The molecule has 0 heterocycles. The van der Waals surface area contributed by atoms with Gasteiger partial charge in [0.1, 0.15) is 0 Å². The Hall–Kier alpha value is -0.0200. The second kappa shape index (κ2) is 6.46. The lowest BCUT2D eigenvalue weighted by Crippen LogP contribution is -2.27. The molecule has 1 nitrogen and oxygen atoms in total. The zero-order valence-electron chi connectivity index (χ0n) is 8.34. The van der Waals surface area contributed by atoms with E-state index >= 15 is 0 Å². The lowest BCUT2D eigenvalue weighted by Gasteiger charge is -2.23. The van der Waals surface area contributed by atoms with Crippen molar-refractivity contribution in [3.8, 4) is 0 Å². The Kier molecular flexibility index (Phi) is 5.56. The van der Waals surface area contributed by atoms with Crippen molar-refractivity contribution in [3.63, 3.8) is 0 Å². The van der Waals surface area contributed by atoms with E-state index in [2.05, 4.69) is 67.9 Å². The highest BCUT2D eigenvalue weighted by Crippen LogP contribution is 2.15. The molecule has 0 atom stereocenters. The number of hydrogen-bond acceptors (Lipinski definition) is 1. The Morgan fingerprint density at radius 1 is 1.00 bits per heavy atom. The Morgan fingerprint density at radius 2 is 1.50 bits per heavy atom. The van der Waals surface area contributed by atoms with Crippen molar-refractivity contribution in [2.24, 2.45) is 0 Å². The van der Waals surface area contributed by atoms with Crippen LogP contribution in [-0.2, 0) is 0 Å². The molecule has 0 radical (unpaired) electrons. The van der Waals surface area contributed by atoms with E-state index in [0.29, 0.717) is 0 Å². The van der Waals surface area contributed by atoms with E-state index in [1.807, 2.05) is 0 Å². The van der Waals surface area contributed by atoms with Gasteiger partial charge in [-0.15, -0.1) is 0 Å². The zero-order valence-corrected chi connectivity index (χ0v) is 11.5. The molecular weight excluding hydrogens is 306 g/mol. The third-order valence-electron chi connectivity index (χ3n) is 2.11. The average molecular weight is 321 g/mol. The molecule has 0 saturated heterocycles. The predicted molar refractivity (Wildman–Crippen MR) is 71.0 cm³/mol. The Balaban J connectivity index is 2.71. The van der Waals surface area contributed by atoms with Crippen LogP contribution in [0.15, 0.2) is 24.3 Å². The Labute approximate surface area is 103 Å². The summed E-state index contributed by atoms with van der Waals surface area (Å²) in [7, 11) is 0. The van der Waals surface area contributed by atoms with E-state index in [1.54, 1.807) is 0 Å². The van der Waals surface area contributed by atoms with Crippen LogP contribution in [0, 0.1) is 6.92 Å². The number of rotatable bonds is 5. The van der Waals surface area contributed by atoms with Gasteiger partial charge in [-0.2, -0.15) is 0 Å². The average Bonchev–Trinajstić information content (AvgIpc) is 2.19. The van der Waals surface area contributed by atoms with Gasteiger partial charge < -0.3 is 4.90 Å². The van der Waals surface area contributed by atoms with Crippen molar-refractivity contribution in [2.75, 3.05) is 28.6 Å². The smallest absolute Gasteiger partial charge is 0.0366 e. The number of aryl methyl sites for hydroxylation is 1. The summed E-state index contributed by atoms with van der Waals surface area (Å²) in [5, 5.41) is 2.02. The topological polar surface area (TPSA) is 3.24 Å².